The van der Waals surface area contributed by atoms with Crippen LogP contribution < -0.4 is 15.5 Å². The number of rotatable bonds is 4. The van der Waals surface area contributed by atoms with Crippen LogP contribution in [0.2, 0.25) is 0 Å². The molecule has 0 fully saturated rings. The van der Waals surface area contributed by atoms with Gasteiger partial charge in [0.2, 0.25) is 0 Å². The van der Waals surface area contributed by atoms with Gasteiger partial charge >= 0.3 is 6.03 Å². The Balaban J connectivity index is 1.43. The van der Waals surface area contributed by atoms with Crippen LogP contribution in [0.4, 0.5) is 16.2 Å². The summed E-state index contributed by atoms with van der Waals surface area (Å²) in [5, 5.41) is 7.66. The Labute approximate surface area is 168 Å². The van der Waals surface area contributed by atoms with Crippen molar-refractivity contribution in [2.75, 3.05) is 16.8 Å². The zero-order valence-electron chi connectivity index (χ0n) is 15.4. The molecule has 0 atom stereocenters. The van der Waals surface area contributed by atoms with Crippen molar-refractivity contribution in [3.05, 3.63) is 82.0 Å². The number of thiophene rings is 1. The number of fused-ring (bicyclic) bond motifs is 1. The van der Waals surface area contributed by atoms with Crippen molar-refractivity contribution < 1.29 is 9.59 Å². The Kier molecular flexibility index (Phi) is 5.39. The number of aryl methyl sites for hydroxylation is 1. The lowest BCUT2D eigenvalue weighted by molar-refractivity contribution is 0.0989. The monoisotopic (exact) mass is 391 g/mol. The van der Waals surface area contributed by atoms with Crippen LogP contribution in [0.3, 0.4) is 0 Å². The molecule has 5 nitrogen and oxygen atoms in total. The van der Waals surface area contributed by atoms with Crippen LogP contribution in [-0.2, 0) is 13.0 Å². The van der Waals surface area contributed by atoms with E-state index in [0.29, 0.717) is 13.1 Å². The largest absolute Gasteiger partial charge is 0.334 e. The maximum Gasteiger partial charge on any atom is 0.319 e. The predicted molar refractivity (Wildman–Crippen MR) is 113 cm³/mol. The lowest BCUT2D eigenvalue weighted by Crippen LogP contribution is -2.35. The van der Waals surface area contributed by atoms with Crippen molar-refractivity contribution in [3.8, 4) is 0 Å². The fourth-order valence-electron chi connectivity index (χ4n) is 3.37. The summed E-state index contributed by atoms with van der Waals surface area (Å²) in [6.45, 7) is 1.19. The highest BCUT2D eigenvalue weighted by atomic mass is 32.1. The first kappa shape index (κ1) is 18.3. The second-order valence-corrected chi connectivity index (χ2v) is 7.62. The van der Waals surface area contributed by atoms with Gasteiger partial charge in [-0.2, -0.15) is 0 Å². The SMILES string of the molecule is O=C(NCc1ccccc1)Nc1ccc2c(c1)CCCN2C(=O)c1cccs1. The molecule has 28 heavy (non-hydrogen) atoms. The third-order valence-corrected chi connectivity index (χ3v) is 5.59. The van der Waals surface area contributed by atoms with E-state index >= 15 is 0 Å². The Morgan fingerprint density at radius 2 is 1.89 bits per heavy atom. The topological polar surface area (TPSA) is 61.4 Å². The highest BCUT2D eigenvalue weighted by molar-refractivity contribution is 7.12. The average molecular weight is 391 g/mol. The molecule has 2 heterocycles. The summed E-state index contributed by atoms with van der Waals surface area (Å²) in [6.07, 6.45) is 1.80. The van der Waals surface area contributed by atoms with Crippen molar-refractivity contribution in [1.29, 1.82) is 0 Å². The van der Waals surface area contributed by atoms with E-state index in [0.717, 1.165) is 40.2 Å². The smallest absolute Gasteiger partial charge is 0.319 e. The Bertz CT molecular complexity index is 971. The number of hydrogen-bond acceptors (Lipinski definition) is 3. The van der Waals surface area contributed by atoms with Crippen LogP contribution in [0, 0.1) is 0 Å². The second-order valence-electron chi connectivity index (χ2n) is 6.67. The van der Waals surface area contributed by atoms with E-state index in [2.05, 4.69) is 10.6 Å². The molecule has 0 spiro atoms. The van der Waals surface area contributed by atoms with E-state index in [1.165, 1.54) is 11.3 Å². The maximum atomic E-state index is 12.8. The number of urea groups is 1. The summed E-state index contributed by atoms with van der Waals surface area (Å²) in [7, 11) is 0. The van der Waals surface area contributed by atoms with Gasteiger partial charge in [-0.25, -0.2) is 4.79 Å². The van der Waals surface area contributed by atoms with Crippen molar-refractivity contribution in [1.82, 2.24) is 5.32 Å². The number of nitrogens with zero attached hydrogens (tertiary/aromatic N) is 1. The summed E-state index contributed by atoms with van der Waals surface area (Å²) >= 11 is 1.46. The number of carbonyl (C=O) groups is 2. The van der Waals surface area contributed by atoms with Gasteiger partial charge in [-0.05, 0) is 53.6 Å². The van der Waals surface area contributed by atoms with Gasteiger partial charge in [0.05, 0.1) is 4.88 Å². The molecule has 3 aromatic rings. The first-order chi connectivity index (χ1) is 13.7. The summed E-state index contributed by atoms with van der Waals surface area (Å²) in [6, 6.07) is 19.0. The van der Waals surface area contributed by atoms with Gasteiger partial charge in [0.25, 0.3) is 5.91 Å². The van der Waals surface area contributed by atoms with Gasteiger partial charge in [0, 0.05) is 24.5 Å². The third-order valence-electron chi connectivity index (χ3n) is 4.73. The standard InChI is InChI=1S/C22H21N3O2S/c26-21(20-9-5-13-28-20)25-12-4-8-17-14-18(10-11-19(17)25)24-22(27)23-15-16-6-2-1-3-7-16/h1-3,5-7,9-11,13-14H,4,8,12,15H2,(H2,23,24,27). The van der Waals surface area contributed by atoms with E-state index in [-0.39, 0.29) is 11.9 Å². The Morgan fingerprint density at radius 1 is 1.04 bits per heavy atom. The number of amides is 3. The number of nitrogens with one attached hydrogen (secondary N) is 2. The van der Waals surface area contributed by atoms with Crippen LogP contribution in [0.1, 0.15) is 27.2 Å². The lowest BCUT2D eigenvalue weighted by atomic mass is 10.0. The van der Waals surface area contributed by atoms with Crippen molar-refractivity contribution in [2.24, 2.45) is 0 Å². The van der Waals surface area contributed by atoms with E-state index in [9.17, 15) is 9.59 Å². The molecule has 6 heteroatoms. The van der Waals surface area contributed by atoms with Gasteiger partial charge in [0.15, 0.2) is 0 Å². The third kappa shape index (κ3) is 4.07. The van der Waals surface area contributed by atoms with Crippen LogP contribution in [-0.4, -0.2) is 18.5 Å². The van der Waals surface area contributed by atoms with Crippen molar-refractivity contribution in [3.63, 3.8) is 0 Å². The molecule has 0 saturated carbocycles. The quantitative estimate of drug-likeness (QED) is 0.679. The van der Waals surface area contributed by atoms with Gasteiger partial charge in [0.1, 0.15) is 0 Å². The molecule has 2 N–H and O–H groups in total. The minimum Gasteiger partial charge on any atom is -0.334 e. The molecule has 1 aromatic heterocycles. The summed E-state index contributed by atoms with van der Waals surface area (Å²) in [5.41, 5.74) is 3.79. The molecule has 2 aromatic carbocycles. The number of anilines is 2. The Morgan fingerprint density at radius 3 is 2.68 bits per heavy atom. The van der Waals surface area contributed by atoms with Gasteiger partial charge < -0.3 is 15.5 Å². The first-order valence-electron chi connectivity index (χ1n) is 9.28. The van der Waals surface area contributed by atoms with Crippen LogP contribution in [0.15, 0.2) is 66.0 Å². The molecule has 142 valence electrons. The fourth-order valence-corrected chi connectivity index (χ4v) is 4.04. The average Bonchev–Trinajstić information content (AvgIpc) is 3.27. The summed E-state index contributed by atoms with van der Waals surface area (Å²) < 4.78 is 0. The van der Waals surface area contributed by atoms with Crippen LogP contribution in [0.5, 0.6) is 0 Å². The molecule has 0 radical (unpaired) electrons. The molecule has 3 amide bonds. The van der Waals surface area contributed by atoms with Gasteiger partial charge in [-0.3, -0.25) is 4.79 Å². The molecule has 4 rings (SSSR count). The van der Waals surface area contributed by atoms with Crippen LogP contribution >= 0.6 is 11.3 Å². The minimum atomic E-state index is -0.244. The minimum absolute atomic E-state index is 0.0391. The fraction of sp³-hybridized carbons (Fsp3) is 0.182. The second kappa shape index (κ2) is 8.27. The summed E-state index contributed by atoms with van der Waals surface area (Å²) in [5.74, 6) is 0.0391. The van der Waals surface area contributed by atoms with Gasteiger partial charge in [-0.1, -0.05) is 36.4 Å². The molecule has 1 aliphatic heterocycles. The molecule has 1 aliphatic rings. The van der Waals surface area contributed by atoms with E-state index in [4.69, 9.17) is 0 Å². The van der Waals surface area contributed by atoms with Crippen LogP contribution in [0.25, 0.3) is 0 Å². The normalized spacial score (nSPS) is 12.9. The Hall–Kier alpha value is -3.12. The summed E-state index contributed by atoms with van der Waals surface area (Å²) in [4.78, 5) is 27.5. The zero-order chi connectivity index (χ0) is 19.3. The van der Waals surface area contributed by atoms with Crippen molar-refractivity contribution >= 4 is 34.6 Å². The highest BCUT2D eigenvalue weighted by Crippen LogP contribution is 2.31. The molecule has 0 unspecified atom stereocenters. The number of hydrogen-bond donors (Lipinski definition) is 2. The number of benzene rings is 2. The molecule has 0 saturated heterocycles. The zero-order valence-corrected chi connectivity index (χ0v) is 16.2. The maximum absolute atomic E-state index is 12.8. The lowest BCUT2D eigenvalue weighted by Gasteiger charge is -2.29. The number of carbonyl (C=O) groups excluding carboxylic acids is 2. The van der Waals surface area contributed by atoms with E-state index < -0.39 is 0 Å². The van der Waals surface area contributed by atoms with E-state index in [1.807, 2.05) is 70.9 Å². The molecule has 0 aliphatic carbocycles. The molecule has 0 bridgehead atoms. The first-order valence-corrected chi connectivity index (χ1v) is 10.2. The molecular formula is C22H21N3O2S. The predicted octanol–water partition coefficient (Wildman–Crippen LogP) is 4.66. The van der Waals surface area contributed by atoms with Gasteiger partial charge in [-0.15, -0.1) is 11.3 Å². The highest BCUT2D eigenvalue weighted by Gasteiger charge is 2.24. The van der Waals surface area contributed by atoms with Crippen molar-refractivity contribution in [2.45, 2.75) is 19.4 Å². The molecular weight excluding hydrogens is 370 g/mol. The van der Waals surface area contributed by atoms with E-state index in [1.54, 1.807) is 0 Å².